The van der Waals surface area contributed by atoms with Gasteiger partial charge in [-0.15, -0.1) is 0 Å². The Balaban J connectivity index is 1.66. The van der Waals surface area contributed by atoms with Crippen LogP contribution in [0.4, 0.5) is 0 Å². The van der Waals surface area contributed by atoms with E-state index >= 15 is 0 Å². The third-order valence-electron chi connectivity index (χ3n) is 5.85. The molecule has 0 amide bonds. The fourth-order valence-corrected chi connectivity index (χ4v) is 4.39. The molecule has 0 aliphatic carbocycles. The number of hydrogen-bond donors (Lipinski definition) is 1. The van der Waals surface area contributed by atoms with Crippen molar-refractivity contribution in [1.29, 1.82) is 0 Å². The van der Waals surface area contributed by atoms with Crippen LogP contribution in [-0.4, -0.2) is 17.9 Å². The number of rotatable bonds is 5. The average Bonchev–Trinajstić information content (AvgIpc) is 2.86. The molecule has 1 aromatic heterocycles. The van der Waals surface area contributed by atoms with E-state index in [2.05, 4.69) is 4.98 Å². The van der Waals surface area contributed by atoms with Gasteiger partial charge in [-0.2, -0.15) is 0 Å². The number of carbonyl (C=O) groups excluding carboxylic acids is 1. The number of halogens is 1. The van der Waals surface area contributed by atoms with Crippen molar-refractivity contribution in [2.24, 2.45) is 0 Å². The van der Waals surface area contributed by atoms with Crippen LogP contribution >= 0.6 is 11.6 Å². The lowest BCUT2D eigenvalue weighted by molar-refractivity contribution is 0.104. The Hall–Kier alpha value is -4.15. The van der Waals surface area contributed by atoms with E-state index < -0.39 is 5.56 Å². The molecule has 0 aliphatic heterocycles. The second kappa shape index (κ2) is 9.00. The fourth-order valence-electron chi connectivity index (χ4n) is 4.26. The molecule has 5 rings (SSSR count). The number of aromatic amines is 1. The van der Waals surface area contributed by atoms with Crippen molar-refractivity contribution >= 4 is 45.1 Å². The topological polar surface area (TPSA) is 59.2 Å². The quantitative estimate of drug-likeness (QED) is 0.227. The van der Waals surface area contributed by atoms with E-state index in [-0.39, 0.29) is 11.3 Å². The van der Waals surface area contributed by atoms with Crippen molar-refractivity contribution in [3.8, 4) is 16.9 Å². The molecule has 34 heavy (non-hydrogen) atoms. The number of fused-ring (bicyclic) bond motifs is 2. The molecular weight excluding hydrogens is 446 g/mol. The second-order valence-electron chi connectivity index (χ2n) is 7.86. The highest BCUT2D eigenvalue weighted by Gasteiger charge is 2.19. The van der Waals surface area contributed by atoms with Crippen LogP contribution in [-0.2, 0) is 0 Å². The minimum atomic E-state index is -0.433. The van der Waals surface area contributed by atoms with Gasteiger partial charge in [0.1, 0.15) is 5.75 Å². The van der Waals surface area contributed by atoms with E-state index in [1.165, 1.54) is 6.08 Å². The highest BCUT2D eigenvalue weighted by molar-refractivity contribution is 6.30. The SMILES string of the molecule is COc1ccc(C=CC(=O)c2c(-c3ccc(Cl)cc3)c3ccccc3[nH]c2=O)c2ccccc12. The molecule has 0 atom stereocenters. The number of allylic oxidation sites excluding steroid dienone is 1. The highest BCUT2D eigenvalue weighted by atomic mass is 35.5. The van der Waals surface area contributed by atoms with Crippen molar-refractivity contribution in [1.82, 2.24) is 4.98 Å². The first-order valence-corrected chi connectivity index (χ1v) is 11.1. The van der Waals surface area contributed by atoms with Gasteiger partial charge in [-0.3, -0.25) is 9.59 Å². The van der Waals surface area contributed by atoms with Gasteiger partial charge in [-0.25, -0.2) is 0 Å². The van der Waals surface area contributed by atoms with E-state index in [0.29, 0.717) is 16.1 Å². The maximum Gasteiger partial charge on any atom is 0.260 e. The fraction of sp³-hybridized carbons (Fsp3) is 0.0345. The van der Waals surface area contributed by atoms with Gasteiger partial charge in [0.15, 0.2) is 5.78 Å². The van der Waals surface area contributed by atoms with E-state index in [1.54, 1.807) is 25.3 Å². The Bertz CT molecular complexity index is 1630. The summed E-state index contributed by atoms with van der Waals surface area (Å²) in [4.78, 5) is 29.4. The molecule has 0 fully saturated rings. The van der Waals surface area contributed by atoms with Crippen LogP contribution in [0.1, 0.15) is 15.9 Å². The smallest absolute Gasteiger partial charge is 0.260 e. The maximum absolute atomic E-state index is 13.4. The van der Waals surface area contributed by atoms with E-state index in [4.69, 9.17) is 16.3 Å². The largest absolute Gasteiger partial charge is 0.496 e. The molecule has 1 N–H and O–H groups in total. The van der Waals surface area contributed by atoms with Gasteiger partial charge in [0.25, 0.3) is 5.56 Å². The van der Waals surface area contributed by atoms with Crippen LogP contribution in [0.15, 0.2) is 95.8 Å². The number of carbonyl (C=O) groups is 1. The Morgan fingerprint density at radius 1 is 0.853 bits per heavy atom. The molecule has 0 bridgehead atoms. The lowest BCUT2D eigenvalue weighted by Crippen LogP contribution is -2.18. The van der Waals surface area contributed by atoms with E-state index in [9.17, 15) is 9.59 Å². The van der Waals surface area contributed by atoms with Crippen LogP contribution in [0, 0.1) is 0 Å². The lowest BCUT2D eigenvalue weighted by atomic mass is 9.93. The molecule has 4 aromatic carbocycles. The van der Waals surface area contributed by atoms with Crippen molar-refractivity contribution in [2.75, 3.05) is 7.11 Å². The van der Waals surface area contributed by atoms with Crippen molar-refractivity contribution in [3.05, 3.63) is 118 Å². The molecule has 1 heterocycles. The zero-order valence-corrected chi connectivity index (χ0v) is 19.1. The summed E-state index contributed by atoms with van der Waals surface area (Å²) < 4.78 is 5.46. The van der Waals surface area contributed by atoms with E-state index in [1.807, 2.05) is 72.8 Å². The summed E-state index contributed by atoms with van der Waals surface area (Å²) in [5, 5.41) is 3.27. The summed E-state index contributed by atoms with van der Waals surface area (Å²) in [5.41, 5.74) is 2.52. The van der Waals surface area contributed by atoms with Gasteiger partial charge >= 0.3 is 0 Å². The zero-order chi connectivity index (χ0) is 23.7. The van der Waals surface area contributed by atoms with Gasteiger partial charge in [0.2, 0.25) is 0 Å². The molecule has 5 aromatic rings. The normalized spacial score (nSPS) is 11.4. The summed E-state index contributed by atoms with van der Waals surface area (Å²) in [7, 11) is 1.63. The second-order valence-corrected chi connectivity index (χ2v) is 8.29. The first-order chi connectivity index (χ1) is 16.6. The third-order valence-corrected chi connectivity index (χ3v) is 6.10. The number of H-pyrrole nitrogens is 1. The number of benzene rings is 4. The van der Waals surface area contributed by atoms with Crippen molar-refractivity contribution in [2.45, 2.75) is 0 Å². The number of aromatic nitrogens is 1. The summed E-state index contributed by atoms with van der Waals surface area (Å²) >= 11 is 6.08. The van der Waals surface area contributed by atoms with Crippen LogP contribution in [0.5, 0.6) is 5.75 Å². The third kappa shape index (κ3) is 3.89. The van der Waals surface area contributed by atoms with Crippen molar-refractivity contribution in [3.63, 3.8) is 0 Å². The summed E-state index contributed by atoms with van der Waals surface area (Å²) in [5.74, 6) is 0.381. The average molecular weight is 466 g/mol. The first-order valence-electron chi connectivity index (χ1n) is 10.8. The number of nitrogens with one attached hydrogen (secondary N) is 1. The number of ketones is 1. The predicted octanol–water partition coefficient (Wildman–Crippen LogP) is 6.91. The Labute approximate surface area is 201 Å². The van der Waals surface area contributed by atoms with Crippen LogP contribution in [0.25, 0.3) is 38.9 Å². The number of hydrogen-bond acceptors (Lipinski definition) is 3. The number of pyridine rings is 1. The molecule has 0 saturated carbocycles. The van der Waals surface area contributed by atoms with Crippen molar-refractivity contribution < 1.29 is 9.53 Å². The van der Waals surface area contributed by atoms with Gasteiger partial charge in [0.05, 0.1) is 12.7 Å². The van der Waals surface area contributed by atoms with Gasteiger partial charge in [0, 0.05) is 26.9 Å². The molecule has 0 radical (unpaired) electrons. The summed E-state index contributed by atoms with van der Waals surface area (Å²) in [6.07, 6.45) is 3.19. The van der Waals surface area contributed by atoms with Gasteiger partial charge in [-0.05, 0) is 46.9 Å². The Kier molecular flexibility index (Phi) is 5.74. The first kappa shape index (κ1) is 21.7. The van der Waals surface area contributed by atoms with Crippen LogP contribution in [0.3, 0.4) is 0 Å². The predicted molar refractivity (Wildman–Crippen MR) is 139 cm³/mol. The highest BCUT2D eigenvalue weighted by Crippen LogP contribution is 2.32. The molecule has 0 saturated heterocycles. The summed E-state index contributed by atoms with van der Waals surface area (Å²) in [6, 6.07) is 26.2. The molecule has 0 unspecified atom stereocenters. The molecule has 166 valence electrons. The summed E-state index contributed by atoms with van der Waals surface area (Å²) in [6.45, 7) is 0. The van der Waals surface area contributed by atoms with Gasteiger partial charge in [-0.1, -0.05) is 78.3 Å². The minimum Gasteiger partial charge on any atom is -0.496 e. The molecule has 0 aliphatic rings. The lowest BCUT2D eigenvalue weighted by Gasteiger charge is -2.11. The molecule has 0 spiro atoms. The van der Waals surface area contributed by atoms with Gasteiger partial charge < -0.3 is 9.72 Å². The standard InChI is InChI=1S/C29H20ClNO3/c1-34-26-17-13-18(21-6-2-3-7-22(21)26)12-16-25(32)28-27(19-10-14-20(30)15-11-19)23-8-4-5-9-24(23)31-29(28)33/h2-17H,1H3,(H,31,33). The van der Waals surface area contributed by atoms with Crippen LogP contribution < -0.4 is 10.3 Å². The van der Waals surface area contributed by atoms with E-state index in [0.717, 1.165) is 33.0 Å². The number of methoxy groups -OCH3 is 1. The molecule has 5 heteroatoms. The monoisotopic (exact) mass is 465 g/mol. The minimum absolute atomic E-state index is 0.0927. The Morgan fingerprint density at radius 2 is 1.53 bits per heavy atom. The zero-order valence-electron chi connectivity index (χ0n) is 18.3. The molecule has 4 nitrogen and oxygen atoms in total. The Morgan fingerprint density at radius 3 is 2.26 bits per heavy atom. The molecular formula is C29H20ClNO3. The number of ether oxygens (including phenoxy) is 1. The number of para-hydroxylation sites is 1. The maximum atomic E-state index is 13.4. The van der Waals surface area contributed by atoms with Crippen LogP contribution in [0.2, 0.25) is 5.02 Å².